The van der Waals surface area contributed by atoms with Crippen molar-refractivity contribution in [3.8, 4) is 11.4 Å². The van der Waals surface area contributed by atoms with E-state index < -0.39 is 11.9 Å². The Balaban J connectivity index is 0.000000426. The van der Waals surface area contributed by atoms with Crippen LogP contribution in [0.2, 0.25) is 5.02 Å². The molecule has 0 saturated carbocycles. The fraction of sp³-hybridized carbons (Fsp3) is 0.267. The van der Waals surface area contributed by atoms with Gasteiger partial charge >= 0.3 is 11.9 Å². The van der Waals surface area contributed by atoms with Gasteiger partial charge in [0.25, 0.3) is 5.56 Å². The molecule has 1 aliphatic heterocycles. The summed E-state index contributed by atoms with van der Waals surface area (Å²) in [5.41, 5.74) is 4.05. The van der Waals surface area contributed by atoms with Crippen LogP contribution in [-0.4, -0.2) is 60.3 Å². The second kappa shape index (κ2) is 13.3. The standard InChI is InChI=1S/C26H27ClN4O2.C4H4O4/c1-18(2)29-9-7-23-14-19-13-22(5-6-25(19)30(23)12-11-29)31-10-8-24(15-26(31)32)33-17-21-4-3-20(27)16-28-21;5-3(6)1-2-4(7)8/h3-6,8,10,13-16,18H,7,9,11-12,17H2,1-2H3;1-2H,(H,5,6)(H,7,8)/b;2-1-. The highest BCUT2D eigenvalue weighted by Crippen LogP contribution is 2.25. The lowest BCUT2D eigenvalue weighted by molar-refractivity contribution is -0.134. The maximum Gasteiger partial charge on any atom is 0.328 e. The molecule has 0 radical (unpaired) electrons. The van der Waals surface area contributed by atoms with Crippen molar-refractivity contribution in [2.45, 2.75) is 39.5 Å². The zero-order chi connectivity index (χ0) is 29.5. The van der Waals surface area contributed by atoms with Crippen LogP contribution < -0.4 is 10.3 Å². The lowest BCUT2D eigenvalue weighted by Crippen LogP contribution is -2.33. The van der Waals surface area contributed by atoms with Crippen LogP contribution in [0, 0.1) is 0 Å². The maximum atomic E-state index is 12.8. The average Bonchev–Trinajstić information content (AvgIpc) is 3.14. The summed E-state index contributed by atoms with van der Waals surface area (Å²) >= 11 is 5.86. The minimum Gasteiger partial charge on any atom is -0.487 e. The normalized spacial score (nSPS) is 13.5. The van der Waals surface area contributed by atoms with Crippen molar-refractivity contribution in [2.24, 2.45) is 0 Å². The van der Waals surface area contributed by atoms with E-state index in [4.69, 9.17) is 26.6 Å². The molecule has 4 heterocycles. The highest BCUT2D eigenvalue weighted by Gasteiger charge is 2.18. The first-order valence-corrected chi connectivity index (χ1v) is 13.4. The molecule has 0 saturated heterocycles. The Morgan fingerprint density at radius 1 is 1.02 bits per heavy atom. The molecule has 5 rings (SSSR count). The summed E-state index contributed by atoms with van der Waals surface area (Å²) in [5, 5.41) is 17.4. The van der Waals surface area contributed by atoms with Crippen LogP contribution in [0.5, 0.6) is 5.75 Å². The van der Waals surface area contributed by atoms with Crippen molar-refractivity contribution in [3.63, 3.8) is 0 Å². The van der Waals surface area contributed by atoms with Crippen LogP contribution in [0.15, 0.2) is 77.9 Å². The smallest absolute Gasteiger partial charge is 0.328 e. The summed E-state index contributed by atoms with van der Waals surface area (Å²) < 4.78 is 9.81. The van der Waals surface area contributed by atoms with Crippen LogP contribution in [0.3, 0.4) is 0 Å². The van der Waals surface area contributed by atoms with Gasteiger partial charge in [0.1, 0.15) is 12.4 Å². The number of aliphatic carboxylic acids is 2. The number of fused-ring (bicyclic) bond motifs is 3. The number of carboxylic acid groups (broad SMARTS) is 2. The predicted molar refractivity (Wildman–Crippen MR) is 156 cm³/mol. The molecule has 0 aliphatic carbocycles. The molecule has 10 nitrogen and oxygen atoms in total. The minimum absolute atomic E-state index is 0.135. The summed E-state index contributed by atoms with van der Waals surface area (Å²) in [6.07, 6.45) is 5.49. The van der Waals surface area contributed by atoms with Gasteiger partial charge in [0.15, 0.2) is 0 Å². The van der Waals surface area contributed by atoms with Crippen molar-refractivity contribution in [3.05, 3.63) is 99.8 Å². The molecule has 2 N–H and O–H groups in total. The first kappa shape index (κ1) is 29.6. The van der Waals surface area contributed by atoms with Gasteiger partial charge in [-0.15, -0.1) is 0 Å². The van der Waals surface area contributed by atoms with Crippen molar-refractivity contribution in [1.82, 2.24) is 19.0 Å². The lowest BCUT2D eigenvalue weighted by atomic mass is 10.2. The highest BCUT2D eigenvalue weighted by atomic mass is 35.5. The van der Waals surface area contributed by atoms with Crippen LogP contribution in [-0.2, 0) is 29.2 Å². The molecule has 1 aliphatic rings. The fourth-order valence-corrected chi connectivity index (χ4v) is 4.72. The molecule has 11 heteroatoms. The van der Waals surface area contributed by atoms with E-state index in [2.05, 4.69) is 46.5 Å². The zero-order valence-electron chi connectivity index (χ0n) is 22.7. The molecule has 0 spiro atoms. The number of hydrogen-bond acceptors (Lipinski definition) is 6. The molecule has 0 amide bonds. The van der Waals surface area contributed by atoms with E-state index in [1.54, 1.807) is 35.2 Å². The summed E-state index contributed by atoms with van der Waals surface area (Å²) in [6.45, 7) is 7.92. The number of ether oxygens (including phenoxy) is 1. The number of rotatable bonds is 7. The summed E-state index contributed by atoms with van der Waals surface area (Å²) in [5.74, 6) is -2.00. The largest absolute Gasteiger partial charge is 0.487 e. The van der Waals surface area contributed by atoms with Gasteiger partial charge in [-0.1, -0.05) is 11.6 Å². The molecule has 0 atom stereocenters. The van der Waals surface area contributed by atoms with E-state index in [9.17, 15) is 14.4 Å². The van der Waals surface area contributed by atoms with Gasteiger partial charge in [-0.05, 0) is 56.3 Å². The quantitative estimate of drug-likeness (QED) is 0.309. The SMILES string of the molecule is CC(C)N1CCc2cc3cc(-n4ccc(OCc5ccc(Cl)cn5)cc4=O)ccc3n2CC1.O=C(O)/C=C\C(=O)O. The number of halogens is 1. The Kier molecular flexibility index (Phi) is 9.59. The van der Waals surface area contributed by atoms with Gasteiger partial charge in [0, 0.05) is 85.0 Å². The number of pyridine rings is 2. The second-order valence-corrected chi connectivity index (χ2v) is 10.2. The topological polar surface area (TPSA) is 127 Å². The van der Waals surface area contributed by atoms with Gasteiger partial charge < -0.3 is 19.5 Å². The Bertz CT molecular complexity index is 1610. The van der Waals surface area contributed by atoms with E-state index in [-0.39, 0.29) is 12.2 Å². The van der Waals surface area contributed by atoms with Gasteiger partial charge in [-0.3, -0.25) is 19.2 Å². The summed E-state index contributed by atoms with van der Waals surface area (Å²) in [7, 11) is 0. The first-order chi connectivity index (χ1) is 19.6. The predicted octanol–water partition coefficient (Wildman–Crippen LogP) is 4.40. The van der Waals surface area contributed by atoms with Crippen LogP contribution in [0.4, 0.5) is 0 Å². The molecule has 0 bridgehead atoms. The number of benzene rings is 1. The van der Waals surface area contributed by atoms with E-state index in [1.807, 2.05) is 6.07 Å². The number of carbonyl (C=O) groups is 2. The molecule has 1 aromatic carbocycles. The Morgan fingerprint density at radius 2 is 1.78 bits per heavy atom. The third-order valence-electron chi connectivity index (χ3n) is 6.68. The number of carboxylic acids is 2. The average molecular weight is 579 g/mol. The van der Waals surface area contributed by atoms with Gasteiger partial charge in [0.05, 0.1) is 10.7 Å². The van der Waals surface area contributed by atoms with Crippen LogP contribution >= 0.6 is 11.6 Å². The minimum atomic E-state index is -1.26. The summed E-state index contributed by atoms with van der Waals surface area (Å²) in [6, 6.07) is 16.0. The van der Waals surface area contributed by atoms with Gasteiger partial charge in [-0.2, -0.15) is 0 Å². The third-order valence-corrected chi connectivity index (χ3v) is 6.90. The van der Waals surface area contributed by atoms with Crippen LogP contribution in [0.25, 0.3) is 16.6 Å². The molecule has 214 valence electrons. The highest BCUT2D eigenvalue weighted by molar-refractivity contribution is 6.30. The fourth-order valence-electron chi connectivity index (χ4n) is 4.61. The van der Waals surface area contributed by atoms with Gasteiger partial charge in [-0.25, -0.2) is 9.59 Å². The molecule has 0 unspecified atom stereocenters. The molecule has 3 aromatic heterocycles. The molecule has 41 heavy (non-hydrogen) atoms. The van der Waals surface area contributed by atoms with E-state index in [1.165, 1.54) is 22.7 Å². The molecule has 4 aromatic rings. The van der Waals surface area contributed by atoms with E-state index in [0.29, 0.717) is 29.0 Å². The van der Waals surface area contributed by atoms with E-state index in [0.717, 1.165) is 37.4 Å². The number of aromatic nitrogens is 3. The van der Waals surface area contributed by atoms with E-state index >= 15 is 0 Å². The summed E-state index contributed by atoms with van der Waals surface area (Å²) in [4.78, 5) is 38.7. The Morgan fingerprint density at radius 3 is 2.41 bits per heavy atom. The Hall–Kier alpha value is -4.41. The molecular weight excluding hydrogens is 548 g/mol. The number of hydrogen-bond donors (Lipinski definition) is 2. The van der Waals surface area contributed by atoms with Crippen molar-refractivity contribution < 1.29 is 24.5 Å². The van der Waals surface area contributed by atoms with Gasteiger partial charge in [0.2, 0.25) is 0 Å². The number of nitrogens with zero attached hydrogens (tertiary/aromatic N) is 4. The van der Waals surface area contributed by atoms with Crippen molar-refractivity contribution >= 4 is 34.4 Å². The Labute approximate surface area is 241 Å². The van der Waals surface area contributed by atoms with Crippen molar-refractivity contribution in [2.75, 3.05) is 13.1 Å². The zero-order valence-corrected chi connectivity index (χ0v) is 23.5. The first-order valence-electron chi connectivity index (χ1n) is 13.1. The second-order valence-electron chi connectivity index (χ2n) is 9.75. The lowest BCUT2D eigenvalue weighted by Gasteiger charge is -2.23. The van der Waals surface area contributed by atoms with Crippen LogP contribution in [0.1, 0.15) is 25.2 Å². The monoisotopic (exact) mass is 578 g/mol. The maximum absolute atomic E-state index is 12.8. The molecule has 0 fully saturated rings. The molecular formula is C30H31ClN4O6. The third kappa shape index (κ3) is 7.84. The van der Waals surface area contributed by atoms with Crippen molar-refractivity contribution in [1.29, 1.82) is 0 Å².